The predicted octanol–water partition coefficient (Wildman–Crippen LogP) is 1.34. The van der Waals surface area contributed by atoms with Crippen LogP contribution in [0.4, 0.5) is 13.2 Å². The van der Waals surface area contributed by atoms with Crippen LogP contribution < -0.4 is 15.8 Å². The Hall–Kier alpha value is -3.70. The van der Waals surface area contributed by atoms with Gasteiger partial charge < -0.3 is 15.8 Å². The second-order valence-electron chi connectivity index (χ2n) is 6.44. The SMILES string of the molecule is Cc1cc(Cn2cc3c(C(=O)NCC(N)=O)nccc3n2)cnc1OCC(F)(F)F. The third-order valence-electron chi connectivity index (χ3n) is 3.92. The highest BCUT2D eigenvalue weighted by molar-refractivity contribution is 6.05. The van der Waals surface area contributed by atoms with Crippen molar-refractivity contribution in [1.82, 2.24) is 25.1 Å². The molecule has 0 spiro atoms. The molecule has 3 heterocycles. The van der Waals surface area contributed by atoms with Crippen LogP contribution in [0.3, 0.4) is 0 Å². The first-order valence-electron chi connectivity index (χ1n) is 8.66. The van der Waals surface area contributed by atoms with E-state index >= 15 is 0 Å². The molecule has 0 saturated heterocycles. The standard InChI is InChI=1S/C18H17F3N6O3/c1-10-4-11(5-25-17(10)30-9-18(19,20)21)7-27-8-12-13(26-27)2-3-23-15(12)16(29)24-6-14(22)28/h2-5,8H,6-7,9H2,1H3,(H2,22,28)(H,24,29). The fourth-order valence-corrected chi connectivity index (χ4v) is 2.70. The molecular weight excluding hydrogens is 405 g/mol. The van der Waals surface area contributed by atoms with Crippen molar-refractivity contribution >= 4 is 22.7 Å². The Morgan fingerprint density at radius 2 is 2.07 bits per heavy atom. The van der Waals surface area contributed by atoms with Crippen molar-refractivity contribution in [2.24, 2.45) is 5.73 Å². The molecular formula is C18H17F3N6O3. The highest BCUT2D eigenvalue weighted by Crippen LogP contribution is 2.21. The van der Waals surface area contributed by atoms with Crippen LogP contribution in [0.1, 0.15) is 21.6 Å². The number of hydrogen-bond acceptors (Lipinski definition) is 6. The van der Waals surface area contributed by atoms with Gasteiger partial charge in [0.1, 0.15) is 5.69 Å². The molecule has 0 aromatic carbocycles. The zero-order chi connectivity index (χ0) is 21.9. The average molecular weight is 422 g/mol. The summed E-state index contributed by atoms with van der Waals surface area (Å²) in [7, 11) is 0. The molecule has 158 valence electrons. The van der Waals surface area contributed by atoms with Gasteiger partial charge in [-0.2, -0.15) is 18.3 Å². The van der Waals surface area contributed by atoms with Crippen molar-refractivity contribution in [3.8, 4) is 5.88 Å². The predicted molar refractivity (Wildman–Crippen MR) is 98.7 cm³/mol. The van der Waals surface area contributed by atoms with E-state index in [4.69, 9.17) is 10.5 Å². The van der Waals surface area contributed by atoms with E-state index in [1.807, 2.05) is 0 Å². The van der Waals surface area contributed by atoms with Crippen LogP contribution in [0.2, 0.25) is 0 Å². The van der Waals surface area contributed by atoms with Crippen LogP contribution in [0, 0.1) is 6.92 Å². The van der Waals surface area contributed by atoms with E-state index in [9.17, 15) is 22.8 Å². The molecule has 0 atom stereocenters. The van der Waals surface area contributed by atoms with Gasteiger partial charge in [0.2, 0.25) is 11.8 Å². The first-order valence-corrected chi connectivity index (χ1v) is 8.66. The number of primary amides is 1. The first-order chi connectivity index (χ1) is 14.1. The van der Waals surface area contributed by atoms with Gasteiger partial charge in [-0.1, -0.05) is 0 Å². The minimum atomic E-state index is -4.45. The van der Waals surface area contributed by atoms with Gasteiger partial charge in [0, 0.05) is 24.2 Å². The summed E-state index contributed by atoms with van der Waals surface area (Å²) in [4.78, 5) is 31.0. The van der Waals surface area contributed by atoms with E-state index in [-0.39, 0.29) is 24.7 Å². The van der Waals surface area contributed by atoms with Crippen LogP contribution in [-0.4, -0.2) is 50.9 Å². The van der Waals surface area contributed by atoms with Crippen molar-refractivity contribution in [1.29, 1.82) is 0 Å². The highest BCUT2D eigenvalue weighted by Gasteiger charge is 2.29. The fourth-order valence-electron chi connectivity index (χ4n) is 2.70. The Morgan fingerprint density at radius 1 is 1.30 bits per heavy atom. The smallest absolute Gasteiger partial charge is 0.422 e. The normalized spacial score (nSPS) is 11.5. The Bertz CT molecular complexity index is 1100. The number of hydrogen-bond donors (Lipinski definition) is 2. The number of rotatable bonds is 7. The lowest BCUT2D eigenvalue weighted by Crippen LogP contribution is -2.33. The summed E-state index contributed by atoms with van der Waals surface area (Å²) in [6.07, 6.45) is -0.0382. The average Bonchev–Trinajstić information content (AvgIpc) is 3.07. The van der Waals surface area contributed by atoms with Crippen molar-refractivity contribution < 1.29 is 27.5 Å². The van der Waals surface area contributed by atoms with Gasteiger partial charge in [0.25, 0.3) is 5.91 Å². The summed E-state index contributed by atoms with van der Waals surface area (Å²) in [5, 5.41) is 7.20. The third-order valence-corrected chi connectivity index (χ3v) is 3.92. The summed E-state index contributed by atoms with van der Waals surface area (Å²) in [5.41, 5.74) is 6.73. The van der Waals surface area contributed by atoms with E-state index in [0.29, 0.717) is 22.0 Å². The summed E-state index contributed by atoms with van der Waals surface area (Å²) < 4.78 is 43.1. The molecule has 3 aromatic heterocycles. The number of aryl methyl sites for hydroxylation is 1. The molecule has 30 heavy (non-hydrogen) atoms. The van der Waals surface area contributed by atoms with Crippen LogP contribution in [0.5, 0.6) is 5.88 Å². The maximum atomic E-state index is 12.3. The molecule has 0 unspecified atom stereocenters. The van der Waals surface area contributed by atoms with E-state index < -0.39 is 24.6 Å². The molecule has 0 aliphatic heterocycles. The molecule has 0 fully saturated rings. The largest absolute Gasteiger partial charge is 0.468 e. The minimum Gasteiger partial charge on any atom is -0.468 e. The molecule has 3 rings (SSSR count). The number of nitrogens with one attached hydrogen (secondary N) is 1. The Morgan fingerprint density at radius 3 is 2.73 bits per heavy atom. The molecule has 0 aliphatic carbocycles. The Labute approximate surface area is 168 Å². The molecule has 0 radical (unpaired) electrons. The number of carbonyl (C=O) groups is 2. The first kappa shape index (κ1) is 21.0. The van der Waals surface area contributed by atoms with Crippen LogP contribution >= 0.6 is 0 Å². The number of carbonyl (C=O) groups excluding carboxylic acids is 2. The molecule has 2 amide bonds. The van der Waals surface area contributed by atoms with Gasteiger partial charge >= 0.3 is 6.18 Å². The molecule has 12 heteroatoms. The number of aromatic nitrogens is 4. The van der Waals surface area contributed by atoms with Crippen molar-refractivity contribution in [2.75, 3.05) is 13.2 Å². The lowest BCUT2D eigenvalue weighted by atomic mass is 10.2. The molecule has 3 N–H and O–H groups in total. The topological polar surface area (TPSA) is 125 Å². The zero-order valence-corrected chi connectivity index (χ0v) is 15.7. The summed E-state index contributed by atoms with van der Waals surface area (Å²) in [6, 6.07) is 3.26. The number of alkyl halides is 3. The van der Waals surface area contributed by atoms with Crippen LogP contribution in [0.25, 0.3) is 10.9 Å². The number of ether oxygens (including phenoxy) is 1. The third kappa shape index (κ3) is 5.21. The van der Waals surface area contributed by atoms with Gasteiger partial charge in [-0.3, -0.25) is 19.3 Å². The lowest BCUT2D eigenvalue weighted by Gasteiger charge is -2.11. The molecule has 3 aromatic rings. The summed E-state index contributed by atoms with van der Waals surface area (Å²) in [5.74, 6) is -1.35. The summed E-state index contributed by atoms with van der Waals surface area (Å²) >= 11 is 0. The maximum absolute atomic E-state index is 12.3. The monoisotopic (exact) mass is 422 g/mol. The molecule has 0 saturated carbocycles. The van der Waals surface area contributed by atoms with Gasteiger partial charge in [-0.05, 0) is 24.6 Å². The second kappa shape index (κ2) is 8.35. The fraction of sp³-hybridized carbons (Fsp3) is 0.278. The van der Waals surface area contributed by atoms with Crippen LogP contribution in [0.15, 0.2) is 30.7 Å². The zero-order valence-electron chi connectivity index (χ0n) is 15.7. The number of amides is 2. The Kier molecular flexibility index (Phi) is 5.85. The number of fused-ring (bicyclic) bond motifs is 1. The number of halogens is 3. The van der Waals surface area contributed by atoms with Crippen molar-refractivity contribution in [3.05, 3.63) is 47.5 Å². The van der Waals surface area contributed by atoms with Gasteiger partial charge in [-0.15, -0.1) is 0 Å². The number of nitrogens with two attached hydrogens (primary N) is 1. The lowest BCUT2D eigenvalue weighted by molar-refractivity contribution is -0.154. The molecule has 9 nitrogen and oxygen atoms in total. The summed E-state index contributed by atoms with van der Waals surface area (Å²) in [6.45, 7) is 0.106. The van der Waals surface area contributed by atoms with E-state index in [1.165, 1.54) is 12.4 Å². The minimum absolute atomic E-state index is 0.0882. The van der Waals surface area contributed by atoms with Crippen molar-refractivity contribution in [2.45, 2.75) is 19.6 Å². The van der Waals surface area contributed by atoms with E-state index in [2.05, 4.69) is 20.4 Å². The number of nitrogens with zero attached hydrogens (tertiary/aromatic N) is 4. The Balaban J connectivity index is 1.78. The highest BCUT2D eigenvalue weighted by atomic mass is 19.4. The molecule has 0 bridgehead atoms. The van der Waals surface area contributed by atoms with Gasteiger partial charge in [-0.25, -0.2) is 4.98 Å². The quantitative estimate of drug-likeness (QED) is 0.592. The molecule has 0 aliphatic rings. The van der Waals surface area contributed by atoms with E-state index in [0.717, 1.165) is 0 Å². The second-order valence-corrected chi connectivity index (χ2v) is 6.44. The van der Waals surface area contributed by atoms with Gasteiger partial charge in [0.15, 0.2) is 6.61 Å². The van der Waals surface area contributed by atoms with Crippen molar-refractivity contribution in [3.63, 3.8) is 0 Å². The maximum Gasteiger partial charge on any atom is 0.422 e. The van der Waals surface area contributed by atoms with Crippen LogP contribution in [-0.2, 0) is 11.3 Å². The van der Waals surface area contributed by atoms with E-state index in [1.54, 1.807) is 29.9 Å². The number of pyridine rings is 2. The van der Waals surface area contributed by atoms with Gasteiger partial charge in [0.05, 0.1) is 24.0 Å².